The number of ether oxygens (including phenoxy) is 2. The maximum atomic E-state index is 11.6. The summed E-state index contributed by atoms with van der Waals surface area (Å²) >= 11 is 0. The van der Waals surface area contributed by atoms with Crippen LogP contribution < -0.4 is 4.74 Å². The number of aromatic hydroxyl groups is 1. The van der Waals surface area contributed by atoms with Crippen LogP contribution in [0.3, 0.4) is 0 Å². The molecular formula is C15H17NO4. The van der Waals surface area contributed by atoms with Gasteiger partial charge in [0.05, 0.1) is 19.4 Å². The first-order chi connectivity index (χ1) is 9.65. The van der Waals surface area contributed by atoms with Crippen molar-refractivity contribution in [2.75, 3.05) is 13.2 Å². The van der Waals surface area contributed by atoms with Crippen LogP contribution >= 0.6 is 0 Å². The third kappa shape index (κ3) is 2.93. The van der Waals surface area contributed by atoms with Crippen molar-refractivity contribution >= 4 is 5.97 Å². The van der Waals surface area contributed by atoms with Gasteiger partial charge in [0.25, 0.3) is 0 Å². The first kappa shape index (κ1) is 14.0. The minimum Gasteiger partial charge on any atom is -0.505 e. The monoisotopic (exact) mass is 275 g/mol. The molecule has 0 aliphatic heterocycles. The molecule has 1 N–H and O–H groups in total. The molecule has 0 amide bonds. The largest absolute Gasteiger partial charge is 0.505 e. The Bertz CT molecular complexity index is 586. The fourth-order valence-electron chi connectivity index (χ4n) is 1.84. The van der Waals surface area contributed by atoms with E-state index in [-0.39, 0.29) is 17.9 Å². The fraction of sp³-hybridized carbons (Fsp3) is 0.267. The van der Waals surface area contributed by atoms with E-state index in [2.05, 4.69) is 0 Å². The van der Waals surface area contributed by atoms with Crippen LogP contribution in [0.1, 0.15) is 24.2 Å². The number of benzene rings is 1. The lowest BCUT2D eigenvalue weighted by Gasteiger charge is -2.05. The molecule has 2 rings (SSSR count). The topological polar surface area (TPSA) is 60.7 Å². The molecule has 0 unspecified atom stereocenters. The maximum Gasteiger partial charge on any atom is 0.343 e. The van der Waals surface area contributed by atoms with Crippen molar-refractivity contribution in [2.45, 2.75) is 13.8 Å². The SMILES string of the molecule is CCOC(=O)c1cn(-c2ccc(OCC)cc2)cc1O. The lowest BCUT2D eigenvalue weighted by atomic mass is 10.3. The number of carbonyl (C=O) groups excluding carboxylic acids is 1. The third-order valence-electron chi connectivity index (χ3n) is 2.75. The van der Waals surface area contributed by atoms with Crippen LogP contribution in [0.25, 0.3) is 5.69 Å². The van der Waals surface area contributed by atoms with Crippen molar-refractivity contribution in [3.05, 3.63) is 42.2 Å². The Kier molecular flexibility index (Phi) is 4.30. The number of aromatic nitrogens is 1. The first-order valence-electron chi connectivity index (χ1n) is 6.47. The molecular weight excluding hydrogens is 258 g/mol. The van der Waals surface area contributed by atoms with Crippen LogP contribution in [0.15, 0.2) is 36.7 Å². The van der Waals surface area contributed by atoms with Gasteiger partial charge in [-0.25, -0.2) is 4.79 Å². The van der Waals surface area contributed by atoms with Gasteiger partial charge in [-0.2, -0.15) is 0 Å². The second-order valence-corrected chi connectivity index (χ2v) is 4.11. The molecule has 0 aliphatic rings. The van der Waals surface area contributed by atoms with Crippen molar-refractivity contribution in [3.8, 4) is 17.2 Å². The summed E-state index contributed by atoms with van der Waals surface area (Å²) in [6.07, 6.45) is 3.02. The Morgan fingerprint density at radius 1 is 1.15 bits per heavy atom. The highest BCUT2D eigenvalue weighted by atomic mass is 16.5. The number of carbonyl (C=O) groups is 1. The first-order valence-corrected chi connectivity index (χ1v) is 6.47. The fourth-order valence-corrected chi connectivity index (χ4v) is 1.84. The zero-order chi connectivity index (χ0) is 14.5. The Morgan fingerprint density at radius 2 is 1.85 bits per heavy atom. The lowest BCUT2D eigenvalue weighted by molar-refractivity contribution is 0.0523. The van der Waals surface area contributed by atoms with Crippen LogP contribution in [-0.2, 0) is 4.74 Å². The Hall–Kier alpha value is -2.43. The number of rotatable bonds is 5. The smallest absolute Gasteiger partial charge is 0.343 e. The van der Waals surface area contributed by atoms with Crippen molar-refractivity contribution < 1.29 is 19.4 Å². The predicted octanol–water partition coefficient (Wildman–Crippen LogP) is 2.76. The van der Waals surface area contributed by atoms with E-state index in [1.165, 1.54) is 6.20 Å². The number of hydrogen-bond donors (Lipinski definition) is 1. The van der Waals surface area contributed by atoms with Gasteiger partial charge in [-0.15, -0.1) is 0 Å². The summed E-state index contributed by atoms with van der Waals surface area (Å²) in [5, 5.41) is 9.78. The van der Waals surface area contributed by atoms with Crippen LogP contribution in [-0.4, -0.2) is 28.9 Å². The minimum absolute atomic E-state index is 0.0997. The average molecular weight is 275 g/mol. The van der Waals surface area contributed by atoms with Crippen molar-refractivity contribution in [1.29, 1.82) is 0 Å². The molecule has 0 radical (unpaired) electrons. The summed E-state index contributed by atoms with van der Waals surface area (Å²) in [4.78, 5) is 11.6. The zero-order valence-electron chi connectivity index (χ0n) is 11.5. The highest BCUT2D eigenvalue weighted by molar-refractivity contribution is 5.92. The van der Waals surface area contributed by atoms with Gasteiger partial charge in [0.15, 0.2) is 0 Å². The van der Waals surface area contributed by atoms with Gasteiger partial charge >= 0.3 is 5.97 Å². The van der Waals surface area contributed by atoms with Crippen molar-refractivity contribution in [1.82, 2.24) is 4.57 Å². The molecule has 1 heterocycles. The molecule has 20 heavy (non-hydrogen) atoms. The second-order valence-electron chi connectivity index (χ2n) is 4.11. The number of hydrogen-bond acceptors (Lipinski definition) is 4. The molecule has 0 atom stereocenters. The van der Waals surface area contributed by atoms with E-state index in [0.717, 1.165) is 11.4 Å². The van der Waals surface area contributed by atoms with Crippen molar-refractivity contribution in [2.24, 2.45) is 0 Å². The van der Waals surface area contributed by atoms with E-state index in [1.54, 1.807) is 17.7 Å². The van der Waals surface area contributed by atoms with E-state index < -0.39 is 5.97 Å². The molecule has 0 saturated heterocycles. The summed E-state index contributed by atoms with van der Waals surface area (Å²) in [6, 6.07) is 7.36. The molecule has 0 spiro atoms. The van der Waals surface area contributed by atoms with Crippen LogP contribution in [0, 0.1) is 0 Å². The van der Waals surface area contributed by atoms with E-state index in [1.807, 2.05) is 31.2 Å². The highest BCUT2D eigenvalue weighted by Crippen LogP contribution is 2.23. The zero-order valence-corrected chi connectivity index (χ0v) is 11.5. The van der Waals surface area contributed by atoms with E-state index >= 15 is 0 Å². The highest BCUT2D eigenvalue weighted by Gasteiger charge is 2.15. The summed E-state index contributed by atoms with van der Waals surface area (Å²) in [6.45, 7) is 4.52. The molecule has 0 fully saturated rings. The molecule has 0 saturated carbocycles. The second kappa shape index (κ2) is 6.14. The molecule has 1 aromatic carbocycles. The van der Waals surface area contributed by atoms with Crippen LogP contribution in [0.5, 0.6) is 11.5 Å². The maximum absolute atomic E-state index is 11.6. The van der Waals surface area contributed by atoms with Gasteiger partial charge in [-0.1, -0.05) is 0 Å². The standard InChI is InChI=1S/C15H17NO4/c1-3-19-12-7-5-11(6-8-12)16-9-13(14(17)10-16)15(18)20-4-2/h5-10,17H,3-4H2,1-2H3. The van der Waals surface area contributed by atoms with Gasteiger partial charge in [0, 0.05) is 11.9 Å². The van der Waals surface area contributed by atoms with Crippen LogP contribution in [0.2, 0.25) is 0 Å². The van der Waals surface area contributed by atoms with Gasteiger partial charge in [-0.05, 0) is 38.1 Å². The quantitative estimate of drug-likeness (QED) is 0.852. The van der Waals surface area contributed by atoms with Gasteiger partial charge in [-0.3, -0.25) is 0 Å². The van der Waals surface area contributed by atoms with E-state index in [9.17, 15) is 9.90 Å². The Morgan fingerprint density at radius 3 is 2.45 bits per heavy atom. The minimum atomic E-state index is -0.533. The molecule has 0 aliphatic carbocycles. The average Bonchev–Trinajstić information content (AvgIpc) is 2.82. The Balaban J connectivity index is 2.25. The van der Waals surface area contributed by atoms with Gasteiger partial charge in [0.1, 0.15) is 17.1 Å². The molecule has 5 heteroatoms. The lowest BCUT2D eigenvalue weighted by Crippen LogP contribution is -2.03. The molecule has 5 nitrogen and oxygen atoms in total. The van der Waals surface area contributed by atoms with Crippen LogP contribution in [0.4, 0.5) is 0 Å². The summed E-state index contributed by atoms with van der Waals surface area (Å²) in [5.74, 6) is 0.144. The predicted molar refractivity (Wildman–Crippen MR) is 74.6 cm³/mol. The van der Waals surface area contributed by atoms with Gasteiger partial charge in [0.2, 0.25) is 0 Å². The molecule has 0 bridgehead atoms. The molecule has 1 aromatic heterocycles. The molecule has 2 aromatic rings. The van der Waals surface area contributed by atoms with Gasteiger partial charge < -0.3 is 19.1 Å². The molecule has 106 valence electrons. The van der Waals surface area contributed by atoms with E-state index in [0.29, 0.717) is 6.61 Å². The normalized spacial score (nSPS) is 10.3. The third-order valence-corrected chi connectivity index (χ3v) is 2.75. The summed E-state index contributed by atoms with van der Waals surface area (Å²) in [7, 11) is 0. The Labute approximate surface area is 117 Å². The van der Waals surface area contributed by atoms with E-state index in [4.69, 9.17) is 9.47 Å². The number of esters is 1. The summed E-state index contributed by atoms with van der Waals surface area (Å²) < 4.78 is 11.9. The number of nitrogens with zero attached hydrogens (tertiary/aromatic N) is 1. The summed E-state index contributed by atoms with van der Waals surface area (Å²) in [5.41, 5.74) is 0.972. The van der Waals surface area contributed by atoms with Crippen molar-refractivity contribution in [3.63, 3.8) is 0 Å².